The first kappa shape index (κ1) is 15.8. The fraction of sp³-hybridized carbons (Fsp3) is 0.353. The van der Waals surface area contributed by atoms with Gasteiger partial charge in [-0.1, -0.05) is 30.7 Å². The zero-order valence-corrected chi connectivity index (χ0v) is 13.3. The second kappa shape index (κ2) is 8.01. The molecule has 0 spiro atoms. The maximum Gasteiger partial charge on any atom is 0.214 e. The van der Waals surface area contributed by atoms with Crippen molar-refractivity contribution in [3.8, 4) is 5.88 Å². The summed E-state index contributed by atoms with van der Waals surface area (Å²) < 4.78 is 5.78. The highest BCUT2D eigenvalue weighted by Gasteiger charge is 2.02. The van der Waals surface area contributed by atoms with E-state index in [1.54, 1.807) is 0 Å². The first-order chi connectivity index (χ1) is 10.2. The molecule has 0 atom stereocenters. The summed E-state index contributed by atoms with van der Waals surface area (Å²) >= 11 is 5.97. The Morgan fingerprint density at radius 3 is 2.81 bits per heavy atom. The van der Waals surface area contributed by atoms with E-state index in [0.717, 1.165) is 35.8 Å². The van der Waals surface area contributed by atoms with Crippen molar-refractivity contribution in [3.63, 3.8) is 0 Å². The second-order valence-electron chi connectivity index (χ2n) is 5.05. The highest BCUT2D eigenvalue weighted by molar-refractivity contribution is 6.30. The number of hydrogen-bond acceptors (Lipinski definition) is 3. The fourth-order valence-electron chi connectivity index (χ4n) is 2.08. The van der Waals surface area contributed by atoms with Gasteiger partial charge in [-0.2, -0.15) is 0 Å². The molecule has 0 radical (unpaired) electrons. The van der Waals surface area contributed by atoms with Crippen molar-refractivity contribution < 1.29 is 4.74 Å². The average molecular weight is 305 g/mol. The van der Waals surface area contributed by atoms with Crippen molar-refractivity contribution in [2.24, 2.45) is 0 Å². The third kappa shape index (κ3) is 5.37. The van der Waals surface area contributed by atoms with Crippen LogP contribution >= 0.6 is 11.6 Å². The Balaban J connectivity index is 1.99. The first-order valence-corrected chi connectivity index (χ1v) is 7.60. The molecule has 0 saturated carbocycles. The van der Waals surface area contributed by atoms with Gasteiger partial charge in [0, 0.05) is 23.3 Å². The van der Waals surface area contributed by atoms with Crippen LogP contribution in [-0.2, 0) is 13.2 Å². The highest BCUT2D eigenvalue weighted by Crippen LogP contribution is 2.16. The van der Waals surface area contributed by atoms with E-state index in [9.17, 15) is 0 Å². The molecule has 0 unspecified atom stereocenters. The topological polar surface area (TPSA) is 34.2 Å². The van der Waals surface area contributed by atoms with E-state index in [-0.39, 0.29) is 0 Å². The van der Waals surface area contributed by atoms with Gasteiger partial charge in [0.15, 0.2) is 0 Å². The predicted molar refractivity (Wildman–Crippen MR) is 86.8 cm³/mol. The van der Waals surface area contributed by atoms with Gasteiger partial charge in [0.1, 0.15) is 6.61 Å². The Morgan fingerprint density at radius 2 is 2.05 bits per heavy atom. The van der Waals surface area contributed by atoms with E-state index < -0.39 is 0 Å². The van der Waals surface area contributed by atoms with Gasteiger partial charge in [-0.15, -0.1) is 0 Å². The van der Waals surface area contributed by atoms with Crippen molar-refractivity contribution in [1.29, 1.82) is 0 Å². The van der Waals surface area contributed by atoms with Crippen LogP contribution in [0.3, 0.4) is 0 Å². The normalized spacial score (nSPS) is 10.6. The molecular weight excluding hydrogens is 284 g/mol. The van der Waals surface area contributed by atoms with E-state index in [4.69, 9.17) is 16.3 Å². The van der Waals surface area contributed by atoms with Crippen molar-refractivity contribution >= 4 is 11.6 Å². The number of nitrogens with one attached hydrogen (secondary N) is 1. The molecular formula is C17H21ClN2O. The summed E-state index contributed by atoms with van der Waals surface area (Å²) in [5.41, 5.74) is 3.19. The van der Waals surface area contributed by atoms with Crippen LogP contribution in [0.2, 0.25) is 5.02 Å². The summed E-state index contributed by atoms with van der Waals surface area (Å²) in [6, 6.07) is 11.7. The van der Waals surface area contributed by atoms with Gasteiger partial charge in [0.05, 0.1) is 0 Å². The lowest BCUT2D eigenvalue weighted by molar-refractivity contribution is 0.293. The van der Waals surface area contributed by atoms with E-state index in [1.807, 2.05) is 37.3 Å². The lowest BCUT2D eigenvalue weighted by Gasteiger charge is -2.09. The number of aromatic nitrogens is 1. The molecule has 0 fully saturated rings. The number of aryl methyl sites for hydroxylation is 1. The third-order valence-corrected chi connectivity index (χ3v) is 3.26. The second-order valence-corrected chi connectivity index (χ2v) is 5.49. The standard InChI is InChI=1S/C17H21ClN2O/c1-3-7-19-11-15-8-13(2)20-17(10-15)21-12-14-5-4-6-16(18)9-14/h4-6,8-10,19H,3,7,11-12H2,1-2H3. The zero-order valence-electron chi connectivity index (χ0n) is 12.5. The number of hydrogen-bond donors (Lipinski definition) is 1. The molecule has 2 aromatic rings. The molecule has 0 saturated heterocycles. The zero-order chi connectivity index (χ0) is 15.1. The van der Waals surface area contributed by atoms with Crippen LogP contribution in [0.5, 0.6) is 5.88 Å². The van der Waals surface area contributed by atoms with Gasteiger partial charge in [-0.05, 0) is 49.2 Å². The van der Waals surface area contributed by atoms with Crippen LogP contribution in [0, 0.1) is 6.92 Å². The molecule has 1 aromatic carbocycles. The molecule has 1 heterocycles. The molecule has 0 aliphatic heterocycles. The minimum Gasteiger partial charge on any atom is -0.473 e. The van der Waals surface area contributed by atoms with Crippen molar-refractivity contribution in [1.82, 2.24) is 10.3 Å². The smallest absolute Gasteiger partial charge is 0.214 e. The van der Waals surface area contributed by atoms with Crippen molar-refractivity contribution in [3.05, 3.63) is 58.2 Å². The summed E-state index contributed by atoms with van der Waals surface area (Å²) in [5.74, 6) is 0.656. The van der Waals surface area contributed by atoms with Crippen LogP contribution in [0.1, 0.15) is 30.2 Å². The molecule has 21 heavy (non-hydrogen) atoms. The van der Waals surface area contributed by atoms with Crippen molar-refractivity contribution in [2.45, 2.75) is 33.4 Å². The molecule has 0 aliphatic carbocycles. The minimum absolute atomic E-state index is 0.471. The summed E-state index contributed by atoms with van der Waals surface area (Å²) in [7, 11) is 0. The van der Waals surface area contributed by atoms with Gasteiger partial charge in [0.2, 0.25) is 5.88 Å². The molecule has 2 rings (SSSR count). The predicted octanol–water partition coefficient (Wildman–Crippen LogP) is 4.12. The molecule has 0 aliphatic rings. The minimum atomic E-state index is 0.471. The van der Waals surface area contributed by atoms with Crippen LogP contribution in [0.4, 0.5) is 0 Å². The molecule has 0 amide bonds. The molecule has 0 bridgehead atoms. The van der Waals surface area contributed by atoms with Crippen molar-refractivity contribution in [2.75, 3.05) is 6.54 Å². The molecule has 4 heteroatoms. The van der Waals surface area contributed by atoms with Crippen LogP contribution in [0.25, 0.3) is 0 Å². The quantitative estimate of drug-likeness (QED) is 0.781. The largest absolute Gasteiger partial charge is 0.473 e. The maximum absolute atomic E-state index is 5.97. The van der Waals surface area contributed by atoms with Gasteiger partial charge >= 0.3 is 0 Å². The van der Waals surface area contributed by atoms with Gasteiger partial charge in [-0.3, -0.25) is 0 Å². The monoisotopic (exact) mass is 304 g/mol. The van der Waals surface area contributed by atoms with E-state index in [2.05, 4.69) is 23.3 Å². The summed E-state index contributed by atoms with van der Waals surface area (Å²) in [6.45, 7) is 6.46. The van der Waals surface area contributed by atoms with Gasteiger partial charge in [-0.25, -0.2) is 4.98 Å². The van der Waals surface area contributed by atoms with Gasteiger partial charge < -0.3 is 10.1 Å². The Bertz CT molecular complexity index is 587. The van der Waals surface area contributed by atoms with Crippen LogP contribution in [-0.4, -0.2) is 11.5 Å². The van der Waals surface area contributed by atoms with E-state index in [0.29, 0.717) is 12.5 Å². The lowest BCUT2D eigenvalue weighted by atomic mass is 10.2. The fourth-order valence-corrected chi connectivity index (χ4v) is 2.29. The first-order valence-electron chi connectivity index (χ1n) is 7.23. The molecule has 112 valence electrons. The number of nitrogens with zero attached hydrogens (tertiary/aromatic N) is 1. The highest BCUT2D eigenvalue weighted by atomic mass is 35.5. The summed E-state index contributed by atoms with van der Waals surface area (Å²) in [4.78, 5) is 4.42. The Kier molecular flexibility index (Phi) is 6.03. The number of rotatable bonds is 7. The van der Waals surface area contributed by atoms with Crippen LogP contribution < -0.4 is 10.1 Å². The Hall–Kier alpha value is -1.58. The number of pyridine rings is 1. The number of ether oxygens (including phenoxy) is 1. The summed E-state index contributed by atoms with van der Waals surface area (Å²) in [6.07, 6.45) is 1.13. The van der Waals surface area contributed by atoms with E-state index >= 15 is 0 Å². The lowest BCUT2D eigenvalue weighted by Crippen LogP contribution is -2.14. The SMILES string of the molecule is CCCNCc1cc(C)nc(OCc2cccc(Cl)c2)c1. The molecule has 3 nitrogen and oxygen atoms in total. The van der Waals surface area contributed by atoms with E-state index in [1.165, 1.54) is 5.56 Å². The molecule has 1 N–H and O–H groups in total. The Labute approximate surface area is 131 Å². The van der Waals surface area contributed by atoms with Gasteiger partial charge in [0.25, 0.3) is 0 Å². The Morgan fingerprint density at radius 1 is 1.19 bits per heavy atom. The maximum atomic E-state index is 5.97. The third-order valence-electron chi connectivity index (χ3n) is 3.02. The molecule has 1 aromatic heterocycles. The number of halogens is 1. The summed E-state index contributed by atoms with van der Waals surface area (Å²) in [5, 5.41) is 4.11. The average Bonchev–Trinajstić information content (AvgIpc) is 2.45. The van der Waals surface area contributed by atoms with Crippen LogP contribution in [0.15, 0.2) is 36.4 Å². The number of benzene rings is 1.